The van der Waals surface area contributed by atoms with Gasteiger partial charge in [-0.3, -0.25) is 4.79 Å². The van der Waals surface area contributed by atoms with E-state index >= 15 is 0 Å². The highest BCUT2D eigenvalue weighted by Gasteiger charge is 2.44. The van der Waals surface area contributed by atoms with E-state index < -0.39 is 18.2 Å². The molecule has 1 atom stereocenters. The fraction of sp³-hybridized carbons (Fsp3) is 0.833. The van der Waals surface area contributed by atoms with Crippen molar-refractivity contribution in [3.05, 3.63) is 0 Å². The summed E-state index contributed by atoms with van der Waals surface area (Å²) in [5.74, 6) is -0.954. The fourth-order valence-corrected chi connectivity index (χ4v) is 1.26. The molecule has 1 amide bonds. The van der Waals surface area contributed by atoms with Gasteiger partial charge in [0.05, 0.1) is 0 Å². The zero-order valence-corrected chi connectivity index (χ0v) is 6.77. The lowest BCUT2D eigenvalue weighted by Gasteiger charge is -2.34. The number of hydrogen-bond acceptors (Lipinski definition) is 3. The molecule has 0 aliphatic carbocycles. The SMILES string of the molecule is NC(=O)C1CNCCN1C(F)(F)F. The van der Waals surface area contributed by atoms with Crippen LogP contribution >= 0.6 is 0 Å². The molecule has 13 heavy (non-hydrogen) atoms. The van der Waals surface area contributed by atoms with E-state index in [1.165, 1.54) is 0 Å². The first kappa shape index (κ1) is 10.3. The van der Waals surface area contributed by atoms with Crippen LogP contribution in [0.2, 0.25) is 0 Å². The molecule has 1 fully saturated rings. The van der Waals surface area contributed by atoms with E-state index in [1.54, 1.807) is 0 Å². The molecule has 0 saturated carbocycles. The molecule has 1 aliphatic heterocycles. The van der Waals surface area contributed by atoms with Gasteiger partial charge in [-0.15, -0.1) is 0 Å². The number of alkyl halides is 3. The summed E-state index contributed by atoms with van der Waals surface area (Å²) in [4.78, 5) is 10.8. The summed E-state index contributed by atoms with van der Waals surface area (Å²) in [6, 6.07) is -1.28. The lowest BCUT2D eigenvalue weighted by molar-refractivity contribution is -0.259. The van der Waals surface area contributed by atoms with Crippen molar-refractivity contribution in [3.8, 4) is 0 Å². The van der Waals surface area contributed by atoms with Crippen molar-refractivity contribution in [2.75, 3.05) is 19.6 Å². The molecule has 1 saturated heterocycles. The molecule has 4 nitrogen and oxygen atoms in total. The number of carbonyl (C=O) groups excluding carboxylic acids is 1. The van der Waals surface area contributed by atoms with Gasteiger partial charge in [0.1, 0.15) is 6.04 Å². The molecule has 0 aromatic carbocycles. The van der Waals surface area contributed by atoms with E-state index in [4.69, 9.17) is 5.73 Å². The number of hydrogen-bond donors (Lipinski definition) is 2. The number of piperazine rings is 1. The van der Waals surface area contributed by atoms with E-state index in [2.05, 4.69) is 5.32 Å². The van der Waals surface area contributed by atoms with Gasteiger partial charge in [-0.05, 0) is 0 Å². The van der Waals surface area contributed by atoms with Gasteiger partial charge >= 0.3 is 6.30 Å². The molecule has 1 heterocycles. The predicted molar refractivity (Wildman–Crippen MR) is 38.6 cm³/mol. The van der Waals surface area contributed by atoms with Crippen LogP contribution in [0.15, 0.2) is 0 Å². The van der Waals surface area contributed by atoms with Crippen LogP contribution in [0.3, 0.4) is 0 Å². The maximum atomic E-state index is 12.2. The second kappa shape index (κ2) is 3.51. The van der Waals surface area contributed by atoms with Crippen LogP contribution in [0.25, 0.3) is 0 Å². The summed E-state index contributed by atoms with van der Waals surface area (Å²) in [7, 11) is 0. The van der Waals surface area contributed by atoms with E-state index in [-0.39, 0.29) is 24.5 Å². The topological polar surface area (TPSA) is 58.4 Å². The molecule has 1 unspecified atom stereocenters. The molecule has 3 N–H and O–H groups in total. The third-order valence-electron chi connectivity index (χ3n) is 1.90. The number of carbonyl (C=O) groups is 1. The maximum absolute atomic E-state index is 12.2. The Balaban J connectivity index is 2.73. The van der Waals surface area contributed by atoms with Crippen LogP contribution in [0.5, 0.6) is 0 Å². The average Bonchev–Trinajstić information content (AvgIpc) is 2.03. The third-order valence-corrected chi connectivity index (χ3v) is 1.90. The molecule has 0 aromatic heterocycles. The summed E-state index contributed by atoms with van der Waals surface area (Å²) < 4.78 is 36.7. The largest absolute Gasteiger partial charge is 0.460 e. The van der Waals surface area contributed by atoms with Crippen LogP contribution in [0, 0.1) is 0 Å². The number of rotatable bonds is 1. The van der Waals surface area contributed by atoms with Gasteiger partial charge < -0.3 is 11.1 Å². The number of nitrogens with two attached hydrogens (primary N) is 1. The van der Waals surface area contributed by atoms with E-state index in [0.717, 1.165) is 0 Å². The fourth-order valence-electron chi connectivity index (χ4n) is 1.26. The lowest BCUT2D eigenvalue weighted by atomic mass is 10.2. The Morgan fingerprint density at radius 2 is 2.15 bits per heavy atom. The lowest BCUT2D eigenvalue weighted by Crippen LogP contribution is -2.61. The minimum absolute atomic E-state index is 0.0468. The normalized spacial score (nSPS) is 25.9. The second-order valence-electron chi connectivity index (χ2n) is 2.78. The van der Waals surface area contributed by atoms with Crippen molar-refractivity contribution in [1.82, 2.24) is 10.2 Å². The number of nitrogens with one attached hydrogen (secondary N) is 1. The smallest absolute Gasteiger partial charge is 0.368 e. The molecule has 0 aromatic rings. The highest BCUT2D eigenvalue weighted by Crippen LogP contribution is 2.24. The van der Waals surface area contributed by atoms with E-state index in [0.29, 0.717) is 0 Å². The molecule has 0 radical (unpaired) electrons. The van der Waals surface area contributed by atoms with Crippen LogP contribution in [-0.2, 0) is 4.79 Å². The Hall–Kier alpha value is -0.820. The molecular formula is C6H10F3N3O. The van der Waals surface area contributed by atoms with Crippen molar-refractivity contribution >= 4 is 5.91 Å². The molecule has 7 heteroatoms. The quantitative estimate of drug-likeness (QED) is 0.544. The summed E-state index contributed by atoms with van der Waals surface area (Å²) >= 11 is 0. The Kier molecular flexibility index (Phi) is 2.77. The van der Waals surface area contributed by atoms with Gasteiger partial charge in [0.2, 0.25) is 5.91 Å². The maximum Gasteiger partial charge on any atom is 0.460 e. The summed E-state index contributed by atoms with van der Waals surface area (Å²) in [5, 5.41) is 2.68. The molecule has 1 aliphatic rings. The standard InChI is InChI=1S/C6H10F3N3O/c7-6(8,9)12-2-1-11-3-4(12)5(10)13/h4,11H,1-3H2,(H2,10,13). The molecule has 1 rings (SSSR count). The van der Waals surface area contributed by atoms with Gasteiger partial charge in [0, 0.05) is 19.6 Å². The van der Waals surface area contributed by atoms with E-state index in [1.807, 2.05) is 0 Å². The number of primary amides is 1. The molecule has 76 valence electrons. The first-order valence-electron chi connectivity index (χ1n) is 3.76. The monoisotopic (exact) mass is 197 g/mol. The van der Waals surface area contributed by atoms with Gasteiger partial charge in [-0.25, -0.2) is 0 Å². The Morgan fingerprint density at radius 3 is 2.54 bits per heavy atom. The van der Waals surface area contributed by atoms with Crippen molar-refractivity contribution in [2.45, 2.75) is 12.3 Å². The average molecular weight is 197 g/mol. The van der Waals surface area contributed by atoms with Gasteiger partial charge in [0.25, 0.3) is 0 Å². The number of amides is 1. The number of nitrogens with zero attached hydrogens (tertiary/aromatic N) is 1. The molecule has 0 spiro atoms. The van der Waals surface area contributed by atoms with Crippen LogP contribution in [-0.4, -0.2) is 42.8 Å². The first-order valence-corrected chi connectivity index (χ1v) is 3.76. The number of halogens is 3. The zero-order chi connectivity index (χ0) is 10.1. The van der Waals surface area contributed by atoms with Crippen LogP contribution in [0.4, 0.5) is 13.2 Å². The summed E-state index contributed by atoms with van der Waals surface area (Å²) in [5.41, 5.74) is 4.83. The zero-order valence-electron chi connectivity index (χ0n) is 6.77. The Bertz CT molecular complexity index is 206. The Labute approximate surface area is 72.9 Å². The van der Waals surface area contributed by atoms with E-state index in [9.17, 15) is 18.0 Å². The van der Waals surface area contributed by atoms with Crippen LogP contribution in [0.1, 0.15) is 0 Å². The highest BCUT2D eigenvalue weighted by atomic mass is 19.4. The van der Waals surface area contributed by atoms with Gasteiger partial charge in [-0.1, -0.05) is 0 Å². The Morgan fingerprint density at radius 1 is 1.54 bits per heavy atom. The van der Waals surface area contributed by atoms with Gasteiger partial charge in [0.15, 0.2) is 0 Å². The minimum atomic E-state index is -4.48. The summed E-state index contributed by atoms with van der Waals surface area (Å²) in [6.45, 7) is -0.0742. The van der Waals surface area contributed by atoms with Crippen molar-refractivity contribution in [1.29, 1.82) is 0 Å². The third kappa shape index (κ3) is 2.31. The van der Waals surface area contributed by atoms with Crippen molar-refractivity contribution < 1.29 is 18.0 Å². The summed E-state index contributed by atoms with van der Waals surface area (Å²) in [6.07, 6.45) is -4.48. The molecular weight excluding hydrogens is 187 g/mol. The highest BCUT2D eigenvalue weighted by molar-refractivity contribution is 5.80. The van der Waals surface area contributed by atoms with Crippen molar-refractivity contribution in [3.63, 3.8) is 0 Å². The predicted octanol–water partition coefficient (Wildman–Crippen LogP) is -0.735. The first-order chi connectivity index (χ1) is 5.93. The van der Waals surface area contributed by atoms with Crippen molar-refractivity contribution in [2.24, 2.45) is 5.73 Å². The van der Waals surface area contributed by atoms with Gasteiger partial charge in [-0.2, -0.15) is 18.1 Å². The molecule has 0 bridgehead atoms. The minimum Gasteiger partial charge on any atom is -0.368 e. The van der Waals surface area contributed by atoms with Crippen LogP contribution < -0.4 is 11.1 Å². The second-order valence-corrected chi connectivity index (χ2v) is 2.78.